The molecule has 4 heterocycles. The second-order valence-electron chi connectivity index (χ2n) is 11.5. The lowest BCUT2D eigenvalue weighted by Crippen LogP contribution is -2.51. The summed E-state index contributed by atoms with van der Waals surface area (Å²) in [5.41, 5.74) is 4.17. The molecule has 5 N–H and O–H groups in total. The van der Waals surface area contributed by atoms with Crippen molar-refractivity contribution in [2.24, 2.45) is 5.41 Å². The first-order chi connectivity index (χ1) is 21.8. The number of esters is 1. The molecule has 2 unspecified atom stereocenters. The normalized spacial score (nSPS) is 21.6. The number of rotatable bonds is 9. The average molecular weight is 656 g/mol. The van der Waals surface area contributed by atoms with Crippen molar-refractivity contribution in [2.45, 2.75) is 62.7 Å². The molecule has 3 aliphatic heterocycles. The minimum Gasteiger partial charge on any atom is -0.479 e. The van der Waals surface area contributed by atoms with Crippen LogP contribution in [-0.2, 0) is 35.6 Å². The first-order valence-corrected chi connectivity index (χ1v) is 16.5. The van der Waals surface area contributed by atoms with E-state index in [1.54, 1.807) is 30.3 Å². The third-order valence-electron chi connectivity index (χ3n) is 8.94. The summed E-state index contributed by atoms with van der Waals surface area (Å²) in [4.78, 5) is 35.6. The number of carbonyl (C=O) groups excluding carboxylic acids is 1. The molecule has 6 rings (SSSR count). The van der Waals surface area contributed by atoms with E-state index >= 15 is 0 Å². The molecule has 2 aromatic carbocycles. The Morgan fingerprint density at radius 3 is 2.30 bits per heavy atom. The Morgan fingerprint density at radius 1 is 1.02 bits per heavy atom. The van der Waals surface area contributed by atoms with Gasteiger partial charge in [0.15, 0.2) is 12.2 Å². The van der Waals surface area contributed by atoms with E-state index in [9.17, 15) is 22.8 Å². The highest BCUT2D eigenvalue weighted by atomic mass is 32.2. The molecule has 13 nitrogen and oxygen atoms in total. The number of piperidine rings is 1. The van der Waals surface area contributed by atoms with Crippen LogP contribution >= 0.6 is 0 Å². The van der Waals surface area contributed by atoms with E-state index in [1.165, 1.54) is 11.3 Å². The van der Waals surface area contributed by atoms with Gasteiger partial charge in [-0.25, -0.2) is 22.8 Å². The minimum absolute atomic E-state index is 0.113. The molecule has 1 fully saturated rings. The lowest BCUT2D eigenvalue weighted by atomic mass is 9.66. The lowest BCUT2D eigenvalue weighted by molar-refractivity contribution is -0.165. The van der Waals surface area contributed by atoms with Gasteiger partial charge in [-0.1, -0.05) is 31.2 Å². The molecule has 0 radical (unpaired) electrons. The molecule has 1 aromatic heterocycles. The van der Waals surface area contributed by atoms with Crippen LogP contribution < -0.4 is 4.72 Å². The zero-order valence-electron chi connectivity index (χ0n) is 25.4. The first-order valence-electron chi connectivity index (χ1n) is 15.1. The molecule has 0 amide bonds. The van der Waals surface area contributed by atoms with Crippen molar-refractivity contribution < 1.29 is 48.0 Å². The van der Waals surface area contributed by atoms with Crippen LogP contribution in [-0.4, -0.2) is 88.1 Å². The number of aliphatic hydroxyl groups is 2. The van der Waals surface area contributed by atoms with Gasteiger partial charge in [-0.2, -0.15) is 0 Å². The Bertz CT molecular complexity index is 1790. The summed E-state index contributed by atoms with van der Waals surface area (Å²) in [5.74, 6) is -3.87. The quantitative estimate of drug-likeness (QED) is 0.213. The molecule has 0 aliphatic carbocycles. The fraction of sp³-hybridized carbons (Fsp3) is 0.406. The number of aliphatic carboxylic acids is 2. The molecule has 46 heavy (non-hydrogen) atoms. The number of hydrogen-bond donors (Lipinski definition) is 5. The van der Waals surface area contributed by atoms with Gasteiger partial charge in [-0.3, -0.25) is 9.62 Å². The highest BCUT2D eigenvalue weighted by Gasteiger charge is 2.51. The van der Waals surface area contributed by atoms with Crippen LogP contribution in [0.2, 0.25) is 0 Å². The van der Waals surface area contributed by atoms with E-state index in [0.717, 1.165) is 49.7 Å². The number of carbonyl (C=O) groups is 3. The second-order valence-corrected chi connectivity index (χ2v) is 13.2. The van der Waals surface area contributed by atoms with E-state index in [-0.39, 0.29) is 22.3 Å². The predicted octanol–water partition coefficient (Wildman–Crippen LogP) is 2.83. The van der Waals surface area contributed by atoms with Gasteiger partial charge in [0.25, 0.3) is 10.0 Å². The van der Waals surface area contributed by atoms with Crippen LogP contribution in [0, 0.1) is 5.41 Å². The fourth-order valence-electron chi connectivity index (χ4n) is 6.83. The predicted molar refractivity (Wildman–Crippen MR) is 167 cm³/mol. The molecule has 3 aromatic rings. The standard InChI is InChI=1S/C28H31N3O4S.C4H6O6/c1-3-28-14-8-15-30-16-13-22-21-12-11-19(29-36(33,34)20-9-6-5-7-10-20)17-23(21)31(25(22)26(28)30)24(18-28)27(32)35-4-2;5-1(3(7)8)2(6)4(9)10/h5-7,9-12,17-18,26,29H,3-4,8,13-16H2,1-2H3;1-2,5-6H,(H,7,8)(H,9,10)/t26-,28+;/m0./s1. The number of carboxylic acids is 2. The summed E-state index contributed by atoms with van der Waals surface area (Å²) in [6, 6.07) is 14.2. The SMILES string of the molecule is CCOC(=O)C1=C[C@@]2(CC)CCCN3CCc4c(n1c1cc(NS(=O)(=O)c5ccccc5)ccc41)[C@H]32.O=C(O)C(O)C(O)C(=O)O. The zero-order chi connectivity index (χ0) is 33.4. The number of nitrogens with zero attached hydrogens (tertiary/aromatic N) is 2. The molecular weight excluding hydrogens is 618 g/mol. The molecule has 14 heteroatoms. The number of aliphatic hydroxyl groups excluding tert-OH is 2. The Labute approximate surface area is 265 Å². The molecule has 0 spiro atoms. The van der Waals surface area contributed by atoms with Gasteiger partial charge in [0.2, 0.25) is 0 Å². The summed E-state index contributed by atoms with van der Waals surface area (Å²) in [7, 11) is -3.74. The molecule has 1 saturated heterocycles. The van der Waals surface area contributed by atoms with Gasteiger partial charge < -0.3 is 29.7 Å². The Balaban J connectivity index is 0.000000362. The highest BCUT2D eigenvalue weighted by molar-refractivity contribution is 7.92. The van der Waals surface area contributed by atoms with Crippen molar-refractivity contribution in [1.29, 1.82) is 0 Å². The van der Waals surface area contributed by atoms with E-state index < -0.39 is 34.2 Å². The van der Waals surface area contributed by atoms with E-state index in [0.29, 0.717) is 18.0 Å². The van der Waals surface area contributed by atoms with Gasteiger partial charge in [0, 0.05) is 23.0 Å². The van der Waals surface area contributed by atoms with Crippen molar-refractivity contribution in [3.8, 4) is 0 Å². The van der Waals surface area contributed by atoms with Crippen LogP contribution in [0.3, 0.4) is 0 Å². The number of anilines is 1. The van der Waals surface area contributed by atoms with Gasteiger partial charge in [0.1, 0.15) is 5.70 Å². The molecule has 0 saturated carbocycles. The van der Waals surface area contributed by atoms with Crippen LogP contribution in [0.25, 0.3) is 16.6 Å². The van der Waals surface area contributed by atoms with Crippen LogP contribution in [0.15, 0.2) is 59.5 Å². The fourth-order valence-corrected chi connectivity index (χ4v) is 7.90. The third kappa shape index (κ3) is 5.88. The van der Waals surface area contributed by atoms with E-state index in [2.05, 4.69) is 27.2 Å². The van der Waals surface area contributed by atoms with Gasteiger partial charge >= 0.3 is 17.9 Å². The molecule has 3 aliphatic rings. The van der Waals surface area contributed by atoms with Crippen LogP contribution in [0.1, 0.15) is 50.4 Å². The number of fused-ring (bicyclic) bond motifs is 3. The largest absolute Gasteiger partial charge is 0.479 e. The lowest BCUT2D eigenvalue weighted by Gasteiger charge is -2.53. The van der Waals surface area contributed by atoms with E-state index in [1.807, 2.05) is 25.1 Å². The molecule has 246 valence electrons. The van der Waals surface area contributed by atoms with Crippen LogP contribution in [0.5, 0.6) is 0 Å². The Morgan fingerprint density at radius 2 is 1.70 bits per heavy atom. The summed E-state index contributed by atoms with van der Waals surface area (Å²) in [6.07, 6.45) is 1.62. The topological polar surface area (TPSA) is 196 Å². The maximum absolute atomic E-state index is 13.3. The summed E-state index contributed by atoms with van der Waals surface area (Å²) in [5, 5.41) is 33.6. The smallest absolute Gasteiger partial charge is 0.354 e. The van der Waals surface area contributed by atoms with Crippen molar-refractivity contribution in [1.82, 2.24) is 9.47 Å². The second kappa shape index (κ2) is 12.9. The monoisotopic (exact) mass is 655 g/mol. The number of nitrogens with one attached hydrogen (secondary N) is 1. The number of hydrogen-bond acceptors (Lipinski definition) is 9. The molecule has 4 atom stereocenters. The maximum Gasteiger partial charge on any atom is 0.354 e. The average Bonchev–Trinajstić information content (AvgIpc) is 3.37. The third-order valence-corrected chi connectivity index (χ3v) is 10.3. The number of sulfonamides is 1. The Kier molecular flexibility index (Phi) is 9.27. The van der Waals surface area contributed by atoms with Crippen molar-refractivity contribution in [3.63, 3.8) is 0 Å². The van der Waals surface area contributed by atoms with Gasteiger partial charge in [-0.15, -0.1) is 0 Å². The zero-order valence-corrected chi connectivity index (χ0v) is 26.2. The van der Waals surface area contributed by atoms with Crippen LogP contribution in [0.4, 0.5) is 5.69 Å². The number of carboxylic acid groups (broad SMARTS) is 2. The van der Waals surface area contributed by atoms with Crippen molar-refractivity contribution in [2.75, 3.05) is 24.4 Å². The van der Waals surface area contributed by atoms with E-state index in [4.69, 9.17) is 25.2 Å². The number of ether oxygens (including phenoxy) is 1. The highest BCUT2D eigenvalue weighted by Crippen LogP contribution is 2.57. The summed E-state index contributed by atoms with van der Waals surface area (Å²) in [6.45, 7) is 6.38. The molecular formula is C32H37N3O10S. The number of aromatic nitrogens is 1. The maximum atomic E-state index is 13.3. The van der Waals surface area contributed by atoms with Crippen molar-refractivity contribution >= 4 is 50.2 Å². The first kappa shape index (κ1) is 33.1. The summed E-state index contributed by atoms with van der Waals surface area (Å²) >= 11 is 0. The van der Waals surface area contributed by atoms with Crippen molar-refractivity contribution in [3.05, 3.63) is 65.9 Å². The Hall–Kier alpha value is -4.24. The van der Waals surface area contributed by atoms with Gasteiger partial charge in [0.05, 0.1) is 28.7 Å². The number of benzene rings is 2. The minimum atomic E-state index is -3.74. The van der Waals surface area contributed by atoms with Gasteiger partial charge in [-0.05, 0) is 75.1 Å². The molecule has 0 bridgehead atoms. The summed E-state index contributed by atoms with van der Waals surface area (Å²) < 4.78 is 36.3.